The monoisotopic (exact) mass is 377 g/mol. The highest BCUT2D eigenvalue weighted by Crippen LogP contribution is 2.35. The number of nitrogens with one attached hydrogen (secondary N) is 1. The van der Waals surface area contributed by atoms with Crippen LogP contribution in [0.3, 0.4) is 0 Å². The van der Waals surface area contributed by atoms with Crippen LogP contribution in [-0.4, -0.2) is 34.4 Å². The lowest BCUT2D eigenvalue weighted by Crippen LogP contribution is -2.34. The van der Waals surface area contributed by atoms with E-state index in [0.29, 0.717) is 24.2 Å². The third-order valence-electron chi connectivity index (χ3n) is 5.05. The summed E-state index contributed by atoms with van der Waals surface area (Å²) in [6, 6.07) is 9.16. The highest BCUT2D eigenvalue weighted by molar-refractivity contribution is 6.09. The van der Waals surface area contributed by atoms with E-state index in [1.807, 2.05) is 30.3 Å². The van der Waals surface area contributed by atoms with Crippen molar-refractivity contribution in [2.45, 2.75) is 32.2 Å². The standard InChI is InChI=1S/C22H23N3O3/c1-2-28-22(27)19(23)9-13-4-3-5-15(8-13)16-10-17-18(20(26)14-6-7-14)12-25-21(17)24-11-16/h3-5,8,10-12,14,19H,2,6-7,9,23H2,1H3,(H,24,25)/t19-/m0/s1. The van der Waals surface area contributed by atoms with Gasteiger partial charge in [-0.25, -0.2) is 4.98 Å². The van der Waals surface area contributed by atoms with Crippen molar-refractivity contribution in [2.24, 2.45) is 11.7 Å². The number of benzene rings is 1. The number of Topliss-reactive ketones (excluding diaryl/α,β-unsaturated/α-hetero) is 1. The van der Waals surface area contributed by atoms with Crippen LogP contribution in [0, 0.1) is 5.92 Å². The number of nitrogens with two attached hydrogens (primary N) is 1. The van der Waals surface area contributed by atoms with E-state index in [-0.39, 0.29) is 11.7 Å². The number of ether oxygens (including phenoxy) is 1. The molecular formula is C22H23N3O3. The minimum absolute atomic E-state index is 0.162. The second-order valence-electron chi connectivity index (χ2n) is 7.22. The van der Waals surface area contributed by atoms with Crippen molar-refractivity contribution in [3.05, 3.63) is 53.9 Å². The molecule has 3 aromatic rings. The first-order chi connectivity index (χ1) is 13.6. The molecule has 3 N–H and O–H groups in total. The number of nitrogens with zero attached hydrogens (tertiary/aromatic N) is 1. The van der Waals surface area contributed by atoms with Crippen molar-refractivity contribution in [1.29, 1.82) is 0 Å². The van der Waals surface area contributed by atoms with Crippen LogP contribution in [0.2, 0.25) is 0 Å². The van der Waals surface area contributed by atoms with Gasteiger partial charge in [-0.3, -0.25) is 9.59 Å². The fourth-order valence-corrected chi connectivity index (χ4v) is 3.39. The lowest BCUT2D eigenvalue weighted by Gasteiger charge is -2.11. The zero-order valence-corrected chi connectivity index (χ0v) is 15.8. The summed E-state index contributed by atoms with van der Waals surface area (Å²) in [4.78, 5) is 31.9. The molecule has 6 heteroatoms. The van der Waals surface area contributed by atoms with Crippen LogP contribution in [-0.2, 0) is 16.0 Å². The van der Waals surface area contributed by atoms with Crippen LogP contribution in [0.4, 0.5) is 0 Å². The molecule has 0 amide bonds. The number of H-pyrrole nitrogens is 1. The summed E-state index contributed by atoms with van der Waals surface area (Å²) in [5.41, 5.74) is 10.2. The van der Waals surface area contributed by atoms with Gasteiger partial charge in [-0.1, -0.05) is 24.3 Å². The fraction of sp³-hybridized carbons (Fsp3) is 0.318. The lowest BCUT2D eigenvalue weighted by molar-refractivity contribution is -0.144. The van der Waals surface area contributed by atoms with Crippen molar-refractivity contribution < 1.29 is 14.3 Å². The Morgan fingerprint density at radius 2 is 2.11 bits per heavy atom. The lowest BCUT2D eigenvalue weighted by atomic mass is 9.99. The van der Waals surface area contributed by atoms with Gasteiger partial charge in [0.2, 0.25) is 0 Å². The molecule has 2 heterocycles. The Balaban J connectivity index is 1.62. The Morgan fingerprint density at radius 1 is 1.29 bits per heavy atom. The second-order valence-corrected chi connectivity index (χ2v) is 7.22. The van der Waals surface area contributed by atoms with Gasteiger partial charge in [-0.05, 0) is 43.4 Å². The van der Waals surface area contributed by atoms with Gasteiger partial charge in [0.05, 0.1) is 6.61 Å². The summed E-state index contributed by atoms with van der Waals surface area (Å²) in [5.74, 6) is -0.0405. The van der Waals surface area contributed by atoms with Crippen molar-refractivity contribution in [3.8, 4) is 11.1 Å². The van der Waals surface area contributed by atoms with Crippen LogP contribution in [0.5, 0.6) is 0 Å². The molecular weight excluding hydrogens is 354 g/mol. The van der Waals surface area contributed by atoms with E-state index in [9.17, 15) is 9.59 Å². The Bertz CT molecular complexity index is 1040. The molecule has 0 bridgehead atoms. The molecule has 0 radical (unpaired) electrons. The first kappa shape index (κ1) is 18.4. The summed E-state index contributed by atoms with van der Waals surface area (Å²) in [6.45, 7) is 2.08. The third kappa shape index (κ3) is 3.68. The number of esters is 1. The number of rotatable bonds is 7. The van der Waals surface area contributed by atoms with Crippen molar-refractivity contribution in [2.75, 3.05) is 6.61 Å². The first-order valence-corrected chi connectivity index (χ1v) is 9.59. The Labute approximate surface area is 163 Å². The molecule has 1 fully saturated rings. The van der Waals surface area contributed by atoms with E-state index in [2.05, 4.69) is 9.97 Å². The van der Waals surface area contributed by atoms with E-state index in [4.69, 9.17) is 10.5 Å². The molecule has 1 aliphatic carbocycles. The smallest absolute Gasteiger partial charge is 0.323 e. The Kier molecular flexibility index (Phi) is 4.96. The van der Waals surface area contributed by atoms with Gasteiger partial charge in [0.25, 0.3) is 0 Å². The number of fused-ring (bicyclic) bond motifs is 1. The van der Waals surface area contributed by atoms with Crippen LogP contribution in [0.1, 0.15) is 35.7 Å². The third-order valence-corrected chi connectivity index (χ3v) is 5.05. The highest BCUT2D eigenvalue weighted by Gasteiger charge is 2.32. The van der Waals surface area contributed by atoms with Gasteiger partial charge in [0, 0.05) is 34.8 Å². The number of pyridine rings is 1. The van der Waals surface area contributed by atoms with Crippen LogP contribution in [0.25, 0.3) is 22.2 Å². The number of hydrogen-bond acceptors (Lipinski definition) is 5. The maximum absolute atomic E-state index is 12.5. The average Bonchev–Trinajstić information content (AvgIpc) is 3.47. The zero-order chi connectivity index (χ0) is 19.7. The van der Waals surface area contributed by atoms with E-state index >= 15 is 0 Å². The maximum Gasteiger partial charge on any atom is 0.323 e. The molecule has 0 spiro atoms. The first-order valence-electron chi connectivity index (χ1n) is 9.59. The fourth-order valence-electron chi connectivity index (χ4n) is 3.39. The van der Waals surface area contributed by atoms with Gasteiger partial charge < -0.3 is 15.5 Å². The minimum atomic E-state index is -0.691. The summed E-state index contributed by atoms with van der Waals surface area (Å²) >= 11 is 0. The summed E-state index contributed by atoms with van der Waals surface area (Å²) in [5, 5.41) is 0.850. The molecule has 4 rings (SSSR count). The normalized spacial score (nSPS) is 14.8. The molecule has 1 atom stereocenters. The largest absolute Gasteiger partial charge is 0.465 e. The highest BCUT2D eigenvalue weighted by atomic mass is 16.5. The van der Waals surface area contributed by atoms with Gasteiger partial charge in [0.1, 0.15) is 11.7 Å². The SMILES string of the molecule is CCOC(=O)[C@@H](N)Cc1cccc(-c2cnc3[nH]cc(C(=O)C4CC4)c3c2)c1. The Hall–Kier alpha value is -2.99. The molecule has 1 saturated carbocycles. The molecule has 28 heavy (non-hydrogen) atoms. The van der Waals surface area contributed by atoms with Crippen molar-refractivity contribution in [3.63, 3.8) is 0 Å². The van der Waals surface area contributed by atoms with Gasteiger partial charge in [0.15, 0.2) is 5.78 Å². The van der Waals surface area contributed by atoms with E-state index in [0.717, 1.165) is 34.9 Å². The van der Waals surface area contributed by atoms with Crippen LogP contribution >= 0.6 is 0 Å². The number of carbonyl (C=O) groups is 2. The van der Waals surface area contributed by atoms with E-state index < -0.39 is 12.0 Å². The number of aromatic nitrogens is 2. The number of ketones is 1. The van der Waals surface area contributed by atoms with Crippen molar-refractivity contribution in [1.82, 2.24) is 9.97 Å². The molecule has 0 unspecified atom stereocenters. The maximum atomic E-state index is 12.5. The van der Waals surface area contributed by atoms with E-state index in [1.54, 1.807) is 19.3 Å². The van der Waals surface area contributed by atoms with E-state index in [1.165, 1.54) is 0 Å². The number of carbonyl (C=O) groups excluding carboxylic acids is 2. The zero-order valence-electron chi connectivity index (χ0n) is 15.8. The van der Waals surface area contributed by atoms with Crippen LogP contribution < -0.4 is 5.73 Å². The number of aromatic amines is 1. The summed E-state index contributed by atoms with van der Waals surface area (Å²) < 4.78 is 4.98. The predicted molar refractivity (Wildman–Crippen MR) is 107 cm³/mol. The van der Waals surface area contributed by atoms with Gasteiger partial charge >= 0.3 is 5.97 Å². The summed E-state index contributed by atoms with van der Waals surface area (Å²) in [7, 11) is 0. The predicted octanol–water partition coefficient (Wildman–Crippen LogP) is 3.26. The molecule has 1 aliphatic rings. The average molecular weight is 377 g/mol. The summed E-state index contributed by atoms with van der Waals surface area (Å²) in [6.07, 6.45) is 5.90. The second kappa shape index (κ2) is 7.56. The Morgan fingerprint density at radius 3 is 2.86 bits per heavy atom. The molecule has 144 valence electrons. The topological polar surface area (TPSA) is 98.1 Å². The van der Waals surface area contributed by atoms with Crippen LogP contribution in [0.15, 0.2) is 42.7 Å². The molecule has 0 aliphatic heterocycles. The molecule has 6 nitrogen and oxygen atoms in total. The quantitative estimate of drug-likeness (QED) is 0.486. The minimum Gasteiger partial charge on any atom is -0.465 e. The number of hydrogen-bond donors (Lipinski definition) is 2. The van der Waals surface area contributed by atoms with Crippen molar-refractivity contribution >= 4 is 22.8 Å². The molecule has 0 saturated heterocycles. The molecule has 2 aromatic heterocycles. The van der Waals surface area contributed by atoms with Gasteiger partial charge in [-0.15, -0.1) is 0 Å². The molecule has 1 aromatic carbocycles. The van der Waals surface area contributed by atoms with Gasteiger partial charge in [-0.2, -0.15) is 0 Å².